The van der Waals surface area contributed by atoms with E-state index in [1.54, 1.807) is 24.3 Å². The van der Waals surface area contributed by atoms with Crippen LogP contribution in [-0.2, 0) is 10.8 Å². The number of halogens is 2. The van der Waals surface area contributed by atoms with Crippen LogP contribution >= 0.6 is 34.5 Å². The van der Waals surface area contributed by atoms with Crippen LogP contribution in [0.5, 0.6) is 0 Å². The van der Waals surface area contributed by atoms with Gasteiger partial charge in [0.15, 0.2) is 5.13 Å². The van der Waals surface area contributed by atoms with Crippen molar-refractivity contribution in [1.29, 1.82) is 0 Å². The Kier molecular flexibility index (Phi) is 7.49. The zero-order valence-electron chi connectivity index (χ0n) is 16.3. The highest BCUT2D eigenvalue weighted by molar-refractivity contribution is 7.85. The molecule has 6 nitrogen and oxygen atoms in total. The highest BCUT2D eigenvalue weighted by Crippen LogP contribution is 2.34. The van der Waals surface area contributed by atoms with Gasteiger partial charge >= 0.3 is 0 Å². The summed E-state index contributed by atoms with van der Waals surface area (Å²) in [6, 6.07) is 12.1. The molecule has 3 N–H and O–H groups in total. The molecule has 1 unspecified atom stereocenters. The molecule has 0 aliphatic rings. The molecular formula is C20H20Cl2N4O2S2. The predicted octanol–water partition coefficient (Wildman–Crippen LogP) is 4.68. The predicted molar refractivity (Wildman–Crippen MR) is 126 cm³/mol. The second-order valence-electron chi connectivity index (χ2n) is 6.66. The number of thiazole rings is 1. The number of hydrogen-bond donors (Lipinski definition) is 2. The molecule has 0 spiro atoms. The molecule has 0 aliphatic carbocycles. The molecule has 30 heavy (non-hydrogen) atoms. The van der Waals surface area contributed by atoms with Crippen molar-refractivity contribution in [3.63, 3.8) is 0 Å². The molecule has 0 saturated heterocycles. The van der Waals surface area contributed by atoms with Crippen molar-refractivity contribution in [2.45, 2.75) is 4.90 Å². The summed E-state index contributed by atoms with van der Waals surface area (Å²) in [5.74, 6) is 0.249. The van der Waals surface area contributed by atoms with Gasteiger partial charge in [0.1, 0.15) is 10.7 Å². The summed E-state index contributed by atoms with van der Waals surface area (Å²) in [6.07, 6.45) is 0. The molecule has 1 aromatic heterocycles. The number of carbonyl (C=O) groups excluding carboxylic acids is 1. The van der Waals surface area contributed by atoms with Gasteiger partial charge in [-0.3, -0.25) is 9.00 Å². The average Bonchev–Trinajstić information content (AvgIpc) is 3.06. The molecule has 0 saturated carbocycles. The minimum Gasteiger partial charge on any atom is -0.382 e. The second-order valence-corrected chi connectivity index (χ2v) is 10.0. The molecule has 158 valence electrons. The fraction of sp³-hybridized carbons (Fsp3) is 0.200. The van der Waals surface area contributed by atoms with Gasteiger partial charge < -0.3 is 16.0 Å². The first kappa shape index (κ1) is 22.7. The monoisotopic (exact) mass is 482 g/mol. The highest BCUT2D eigenvalue weighted by Gasteiger charge is 2.22. The fourth-order valence-electron chi connectivity index (χ4n) is 2.60. The van der Waals surface area contributed by atoms with Gasteiger partial charge in [0.05, 0.1) is 26.4 Å². The molecule has 0 fully saturated rings. The molecule has 10 heteroatoms. The van der Waals surface area contributed by atoms with Gasteiger partial charge in [0.2, 0.25) is 5.78 Å². The third-order valence-electron chi connectivity index (χ3n) is 4.12. The summed E-state index contributed by atoms with van der Waals surface area (Å²) in [7, 11) is 2.77. The number of aromatic nitrogens is 1. The summed E-state index contributed by atoms with van der Waals surface area (Å²) in [5, 5.41) is 4.07. The van der Waals surface area contributed by atoms with Gasteiger partial charge in [-0.25, -0.2) is 4.98 Å². The average molecular weight is 483 g/mol. The molecule has 3 rings (SSSR count). The van der Waals surface area contributed by atoms with E-state index in [0.717, 1.165) is 17.9 Å². The van der Waals surface area contributed by atoms with Gasteiger partial charge in [-0.1, -0.05) is 46.7 Å². The highest BCUT2D eigenvalue weighted by atomic mass is 35.5. The maximum atomic E-state index is 12.9. The van der Waals surface area contributed by atoms with Crippen LogP contribution in [-0.4, -0.2) is 46.3 Å². The maximum absolute atomic E-state index is 12.9. The number of nitrogens with zero attached hydrogens (tertiary/aromatic N) is 2. The van der Waals surface area contributed by atoms with Crippen LogP contribution in [0.25, 0.3) is 0 Å². The molecule has 0 radical (unpaired) electrons. The van der Waals surface area contributed by atoms with Gasteiger partial charge in [0.25, 0.3) is 0 Å². The number of rotatable bonds is 8. The van der Waals surface area contributed by atoms with E-state index in [9.17, 15) is 9.00 Å². The number of nitrogens with two attached hydrogens (primary N) is 1. The van der Waals surface area contributed by atoms with E-state index in [0.29, 0.717) is 21.5 Å². The maximum Gasteiger partial charge on any atom is 0.209 e. The Hall–Kier alpha value is -1.97. The lowest BCUT2D eigenvalue weighted by atomic mass is 10.1. The summed E-state index contributed by atoms with van der Waals surface area (Å²) >= 11 is 13.4. The topological polar surface area (TPSA) is 88.3 Å². The quantitative estimate of drug-likeness (QED) is 0.453. The first-order valence-electron chi connectivity index (χ1n) is 8.91. The Labute approximate surface area is 191 Å². The Morgan fingerprint density at radius 3 is 2.53 bits per heavy atom. The summed E-state index contributed by atoms with van der Waals surface area (Å²) in [6.45, 7) is 0.726. The van der Waals surface area contributed by atoms with E-state index >= 15 is 0 Å². The minimum absolute atomic E-state index is 0.0919. The van der Waals surface area contributed by atoms with E-state index in [1.165, 1.54) is 0 Å². The van der Waals surface area contributed by atoms with E-state index in [2.05, 4.69) is 10.3 Å². The van der Waals surface area contributed by atoms with Crippen LogP contribution in [0.4, 0.5) is 16.6 Å². The van der Waals surface area contributed by atoms with Gasteiger partial charge in [-0.2, -0.15) is 0 Å². The van der Waals surface area contributed by atoms with Crippen molar-refractivity contribution < 1.29 is 9.00 Å². The number of anilines is 3. The Bertz CT molecular complexity index is 1080. The van der Waals surface area contributed by atoms with E-state index < -0.39 is 10.8 Å². The van der Waals surface area contributed by atoms with Crippen LogP contribution in [0.15, 0.2) is 47.4 Å². The van der Waals surface area contributed by atoms with Crippen molar-refractivity contribution in [2.24, 2.45) is 0 Å². The molecule has 0 amide bonds. The minimum atomic E-state index is -1.12. The first-order chi connectivity index (χ1) is 14.3. The lowest BCUT2D eigenvalue weighted by molar-refractivity contribution is 0.104. The third-order valence-corrected chi connectivity index (χ3v) is 7.07. The first-order valence-corrected chi connectivity index (χ1v) is 11.8. The van der Waals surface area contributed by atoms with E-state index in [-0.39, 0.29) is 32.1 Å². The van der Waals surface area contributed by atoms with Gasteiger partial charge in [-0.05, 0) is 44.4 Å². The van der Waals surface area contributed by atoms with Crippen LogP contribution in [0.2, 0.25) is 10.0 Å². The number of hydrogen-bond acceptors (Lipinski definition) is 7. The van der Waals surface area contributed by atoms with Gasteiger partial charge in [-0.15, -0.1) is 0 Å². The number of carbonyl (C=O) groups is 1. The summed E-state index contributed by atoms with van der Waals surface area (Å²) < 4.78 is 12.5. The van der Waals surface area contributed by atoms with Gasteiger partial charge in [0, 0.05) is 22.9 Å². The van der Waals surface area contributed by atoms with Crippen LogP contribution in [0.3, 0.4) is 0 Å². The van der Waals surface area contributed by atoms with Crippen molar-refractivity contribution in [3.05, 3.63) is 63.0 Å². The molecule has 3 aromatic rings. The van der Waals surface area contributed by atoms with E-state index in [1.807, 2.05) is 37.2 Å². The van der Waals surface area contributed by atoms with Crippen LogP contribution in [0.1, 0.15) is 15.2 Å². The second kappa shape index (κ2) is 9.89. The summed E-state index contributed by atoms with van der Waals surface area (Å²) in [4.78, 5) is 20.1. The number of benzene rings is 2. The standard InChI is InChI=1S/C20H20Cl2N4O2S2/c1-26(2)9-10-30(28)13-6-3-5-12(11-13)24-20-25-19(23)18(29-20)17(27)16-14(21)7-4-8-15(16)22/h3-8,11H,9-10,23H2,1-2H3,(H,24,25). The molecular weight excluding hydrogens is 463 g/mol. The van der Waals surface area contributed by atoms with E-state index in [4.69, 9.17) is 28.9 Å². The SMILES string of the molecule is CN(C)CCS(=O)c1cccc(Nc2nc(N)c(C(=O)c3c(Cl)cccc3Cl)s2)c1. The largest absolute Gasteiger partial charge is 0.382 e. The van der Waals surface area contributed by atoms with Crippen molar-refractivity contribution >= 4 is 67.8 Å². The third kappa shape index (κ3) is 5.39. The smallest absolute Gasteiger partial charge is 0.209 e. The van der Waals surface area contributed by atoms with Crippen LogP contribution < -0.4 is 11.1 Å². The zero-order valence-corrected chi connectivity index (χ0v) is 19.5. The van der Waals surface area contributed by atoms with Crippen molar-refractivity contribution in [1.82, 2.24) is 9.88 Å². The number of nitrogen functional groups attached to an aromatic ring is 1. The Balaban J connectivity index is 1.80. The molecule has 0 aliphatic heterocycles. The molecule has 0 bridgehead atoms. The Morgan fingerprint density at radius 1 is 1.20 bits per heavy atom. The number of ketones is 1. The normalized spacial score (nSPS) is 12.2. The Morgan fingerprint density at radius 2 is 1.87 bits per heavy atom. The number of nitrogens with one attached hydrogen (secondary N) is 1. The van der Waals surface area contributed by atoms with Crippen molar-refractivity contribution in [2.75, 3.05) is 37.4 Å². The lowest BCUT2D eigenvalue weighted by Crippen LogP contribution is -2.19. The van der Waals surface area contributed by atoms with Crippen molar-refractivity contribution in [3.8, 4) is 0 Å². The lowest BCUT2D eigenvalue weighted by Gasteiger charge is -2.10. The summed E-state index contributed by atoms with van der Waals surface area (Å²) in [5.41, 5.74) is 6.88. The fourth-order valence-corrected chi connectivity index (χ4v) is 5.27. The zero-order chi connectivity index (χ0) is 21.8. The molecule has 2 aromatic carbocycles. The molecule has 1 heterocycles. The van der Waals surface area contributed by atoms with Crippen LogP contribution in [0, 0.1) is 0 Å². The molecule has 1 atom stereocenters.